The first-order valence-electron chi connectivity index (χ1n) is 7.59. The van der Waals surface area contributed by atoms with Crippen LogP contribution in [0.3, 0.4) is 0 Å². The molecular formula is C17H27N3O. The Balaban J connectivity index is 2.41. The Labute approximate surface area is 127 Å². The molecule has 1 fully saturated rings. The number of rotatable bonds is 3. The van der Waals surface area contributed by atoms with Crippen LogP contribution in [-0.4, -0.2) is 47.4 Å². The van der Waals surface area contributed by atoms with Crippen LogP contribution < -0.4 is 5.73 Å². The smallest absolute Gasteiger partial charge is 0.242 e. The number of hydrogen-bond acceptors (Lipinski definition) is 3. The topological polar surface area (TPSA) is 49.6 Å². The number of likely N-dealkylation sites (N-methyl/N-ethyl adjacent to an activating group) is 1. The summed E-state index contributed by atoms with van der Waals surface area (Å²) in [7, 11) is 1.87. The predicted octanol–water partition coefficient (Wildman–Crippen LogP) is 1.94. The SMILES string of the molecule is Cc1cccc(C(C(C)N)N2CCN(C)C(=O)C2(C)C)c1. The average Bonchev–Trinajstić information content (AvgIpc) is 2.39. The van der Waals surface area contributed by atoms with Gasteiger partial charge in [0.25, 0.3) is 0 Å². The minimum atomic E-state index is -0.533. The average molecular weight is 289 g/mol. The number of nitrogens with two attached hydrogens (primary N) is 1. The van der Waals surface area contributed by atoms with Crippen molar-refractivity contribution in [3.05, 3.63) is 35.4 Å². The van der Waals surface area contributed by atoms with Crippen molar-refractivity contribution < 1.29 is 4.79 Å². The van der Waals surface area contributed by atoms with E-state index in [0.717, 1.165) is 13.1 Å². The molecule has 4 nitrogen and oxygen atoms in total. The molecule has 4 heteroatoms. The van der Waals surface area contributed by atoms with Gasteiger partial charge in [0.1, 0.15) is 0 Å². The molecule has 1 aliphatic rings. The van der Waals surface area contributed by atoms with Gasteiger partial charge >= 0.3 is 0 Å². The molecule has 21 heavy (non-hydrogen) atoms. The van der Waals surface area contributed by atoms with Crippen molar-refractivity contribution in [3.8, 4) is 0 Å². The molecule has 1 heterocycles. The molecule has 0 saturated carbocycles. The van der Waals surface area contributed by atoms with Crippen LogP contribution in [-0.2, 0) is 4.79 Å². The summed E-state index contributed by atoms with van der Waals surface area (Å²) >= 11 is 0. The van der Waals surface area contributed by atoms with Gasteiger partial charge in [0.15, 0.2) is 0 Å². The maximum absolute atomic E-state index is 12.5. The normalized spacial score (nSPS) is 22.2. The second-order valence-electron chi connectivity index (χ2n) is 6.70. The zero-order chi connectivity index (χ0) is 15.8. The number of hydrogen-bond donors (Lipinski definition) is 1. The summed E-state index contributed by atoms with van der Waals surface area (Å²) in [5.74, 6) is 0.159. The van der Waals surface area contributed by atoms with Crippen LogP contribution in [0.1, 0.15) is 37.9 Å². The first-order valence-corrected chi connectivity index (χ1v) is 7.59. The van der Waals surface area contributed by atoms with E-state index in [1.54, 1.807) is 0 Å². The van der Waals surface area contributed by atoms with E-state index in [0.29, 0.717) is 0 Å². The first kappa shape index (κ1) is 16.0. The van der Waals surface area contributed by atoms with Crippen molar-refractivity contribution in [1.29, 1.82) is 0 Å². The molecule has 2 rings (SSSR count). The molecule has 2 unspecified atom stereocenters. The van der Waals surface area contributed by atoms with Crippen LogP contribution in [0.15, 0.2) is 24.3 Å². The molecule has 116 valence electrons. The molecule has 2 N–H and O–H groups in total. The third-order valence-electron chi connectivity index (χ3n) is 4.48. The predicted molar refractivity (Wildman–Crippen MR) is 86.0 cm³/mol. The van der Waals surface area contributed by atoms with Crippen LogP contribution in [0.4, 0.5) is 0 Å². The van der Waals surface area contributed by atoms with Crippen molar-refractivity contribution in [1.82, 2.24) is 9.80 Å². The van der Waals surface area contributed by atoms with Crippen molar-refractivity contribution in [2.45, 2.75) is 45.3 Å². The highest BCUT2D eigenvalue weighted by molar-refractivity contribution is 5.86. The van der Waals surface area contributed by atoms with Gasteiger partial charge < -0.3 is 10.6 Å². The third kappa shape index (κ3) is 2.97. The number of carbonyl (C=O) groups excluding carboxylic acids is 1. The number of carbonyl (C=O) groups is 1. The first-order chi connectivity index (χ1) is 9.75. The molecule has 1 aliphatic heterocycles. The highest BCUT2D eigenvalue weighted by Gasteiger charge is 2.44. The second-order valence-corrected chi connectivity index (χ2v) is 6.70. The summed E-state index contributed by atoms with van der Waals surface area (Å²) < 4.78 is 0. The molecule has 0 bridgehead atoms. The van der Waals surface area contributed by atoms with Gasteiger partial charge in [-0.2, -0.15) is 0 Å². The van der Waals surface area contributed by atoms with E-state index in [1.165, 1.54) is 11.1 Å². The van der Waals surface area contributed by atoms with E-state index >= 15 is 0 Å². The number of piperazine rings is 1. The standard InChI is InChI=1S/C17H27N3O/c1-12-7-6-8-14(11-12)15(13(2)18)20-10-9-19(5)16(21)17(20,3)4/h6-8,11,13,15H,9-10,18H2,1-5H3. The summed E-state index contributed by atoms with van der Waals surface area (Å²) in [6, 6.07) is 8.44. The van der Waals surface area contributed by atoms with Gasteiger partial charge in [-0.05, 0) is 33.3 Å². The zero-order valence-corrected chi connectivity index (χ0v) is 13.8. The molecule has 0 aromatic heterocycles. The fraction of sp³-hybridized carbons (Fsp3) is 0.588. The second kappa shape index (κ2) is 5.78. The van der Waals surface area contributed by atoms with Crippen molar-refractivity contribution in [2.24, 2.45) is 5.73 Å². The summed E-state index contributed by atoms with van der Waals surface area (Å²) in [6.45, 7) is 9.69. The van der Waals surface area contributed by atoms with E-state index in [4.69, 9.17) is 5.73 Å². The van der Waals surface area contributed by atoms with Gasteiger partial charge in [-0.3, -0.25) is 9.69 Å². The monoisotopic (exact) mass is 289 g/mol. The summed E-state index contributed by atoms with van der Waals surface area (Å²) in [4.78, 5) is 16.6. The molecule has 2 atom stereocenters. The number of amides is 1. The Morgan fingerprint density at radius 2 is 1.95 bits per heavy atom. The van der Waals surface area contributed by atoms with Crippen molar-refractivity contribution in [2.75, 3.05) is 20.1 Å². The lowest BCUT2D eigenvalue weighted by molar-refractivity contribution is -0.150. The lowest BCUT2D eigenvalue weighted by Crippen LogP contribution is -2.64. The Hall–Kier alpha value is -1.39. The Bertz CT molecular complexity index is 525. The quantitative estimate of drug-likeness (QED) is 0.925. The van der Waals surface area contributed by atoms with Crippen LogP contribution >= 0.6 is 0 Å². The van der Waals surface area contributed by atoms with E-state index < -0.39 is 5.54 Å². The molecule has 1 aromatic rings. The van der Waals surface area contributed by atoms with Crippen LogP contribution in [0.25, 0.3) is 0 Å². The summed E-state index contributed by atoms with van der Waals surface area (Å²) in [5, 5.41) is 0. The number of aryl methyl sites for hydroxylation is 1. The maximum Gasteiger partial charge on any atom is 0.242 e. The van der Waals surface area contributed by atoms with Gasteiger partial charge in [0, 0.05) is 26.2 Å². The Morgan fingerprint density at radius 3 is 2.52 bits per heavy atom. The van der Waals surface area contributed by atoms with Gasteiger partial charge in [-0.25, -0.2) is 0 Å². The van der Waals surface area contributed by atoms with E-state index in [1.807, 2.05) is 32.7 Å². The third-order valence-corrected chi connectivity index (χ3v) is 4.48. The highest BCUT2D eigenvalue weighted by Crippen LogP contribution is 2.33. The summed E-state index contributed by atoms with van der Waals surface area (Å²) in [5.41, 5.74) is 8.16. The molecule has 0 radical (unpaired) electrons. The van der Waals surface area contributed by atoms with Gasteiger partial charge in [-0.1, -0.05) is 29.8 Å². The highest BCUT2D eigenvalue weighted by atomic mass is 16.2. The van der Waals surface area contributed by atoms with Gasteiger partial charge in [0.2, 0.25) is 5.91 Å². The number of nitrogens with zero attached hydrogens (tertiary/aromatic N) is 2. The Kier molecular flexibility index (Phi) is 4.40. The Morgan fingerprint density at radius 1 is 1.29 bits per heavy atom. The molecule has 1 amide bonds. The fourth-order valence-corrected chi connectivity index (χ4v) is 3.34. The van der Waals surface area contributed by atoms with E-state index in [9.17, 15) is 4.79 Å². The molecule has 0 aliphatic carbocycles. The molecule has 1 saturated heterocycles. The molecule has 0 spiro atoms. The zero-order valence-electron chi connectivity index (χ0n) is 13.8. The van der Waals surface area contributed by atoms with E-state index in [2.05, 4.69) is 36.1 Å². The van der Waals surface area contributed by atoms with Gasteiger partial charge in [0.05, 0.1) is 11.6 Å². The minimum absolute atomic E-state index is 0.0396. The molecule has 1 aromatic carbocycles. The summed E-state index contributed by atoms with van der Waals surface area (Å²) in [6.07, 6.45) is 0. The van der Waals surface area contributed by atoms with Crippen LogP contribution in [0.2, 0.25) is 0 Å². The largest absolute Gasteiger partial charge is 0.343 e. The maximum atomic E-state index is 12.5. The van der Waals surface area contributed by atoms with Crippen molar-refractivity contribution >= 4 is 5.91 Å². The van der Waals surface area contributed by atoms with Gasteiger partial charge in [-0.15, -0.1) is 0 Å². The van der Waals surface area contributed by atoms with Crippen LogP contribution in [0.5, 0.6) is 0 Å². The molecular weight excluding hydrogens is 262 g/mol. The minimum Gasteiger partial charge on any atom is -0.343 e. The number of benzene rings is 1. The lowest BCUT2D eigenvalue weighted by atomic mass is 9.89. The van der Waals surface area contributed by atoms with Crippen molar-refractivity contribution in [3.63, 3.8) is 0 Å². The lowest BCUT2D eigenvalue weighted by Gasteiger charge is -2.49. The van der Waals surface area contributed by atoms with Crippen LogP contribution in [0, 0.1) is 6.92 Å². The van der Waals surface area contributed by atoms with E-state index in [-0.39, 0.29) is 18.0 Å². The fourth-order valence-electron chi connectivity index (χ4n) is 3.34.